The van der Waals surface area contributed by atoms with Gasteiger partial charge in [0.15, 0.2) is 5.65 Å². The van der Waals surface area contributed by atoms with Gasteiger partial charge in [-0.15, -0.1) is 0 Å². The number of halogens is 3. The van der Waals surface area contributed by atoms with Gasteiger partial charge in [-0.2, -0.15) is 9.61 Å². The molecule has 1 fully saturated rings. The first-order valence-corrected chi connectivity index (χ1v) is 12.7. The number of hydrogen-bond acceptors (Lipinski definition) is 5. The third-order valence-electron chi connectivity index (χ3n) is 5.96. The van der Waals surface area contributed by atoms with Crippen LogP contribution in [0.2, 0.25) is 10.0 Å². The molecule has 4 heterocycles. The zero-order valence-electron chi connectivity index (χ0n) is 18.6. The molecule has 2 amide bonds. The van der Waals surface area contributed by atoms with Crippen LogP contribution < -0.4 is 10.6 Å². The number of benzene rings is 1. The number of pyridine rings is 1. The fraction of sp³-hybridized carbons (Fsp3) is 0.250. The molecule has 0 aliphatic carbocycles. The van der Waals surface area contributed by atoms with Crippen molar-refractivity contribution >= 4 is 62.3 Å². The van der Waals surface area contributed by atoms with E-state index in [9.17, 15) is 4.79 Å². The molecular formula is C24H22BrCl2N7O. The highest BCUT2D eigenvalue weighted by Crippen LogP contribution is 2.31. The van der Waals surface area contributed by atoms with Crippen molar-refractivity contribution in [1.29, 1.82) is 0 Å². The summed E-state index contributed by atoms with van der Waals surface area (Å²) in [6, 6.07) is 10.8. The second-order valence-electron chi connectivity index (χ2n) is 8.36. The van der Waals surface area contributed by atoms with Crippen LogP contribution >= 0.6 is 39.1 Å². The molecule has 0 saturated carbocycles. The number of anilines is 2. The van der Waals surface area contributed by atoms with Crippen molar-refractivity contribution in [3.63, 3.8) is 0 Å². The zero-order chi connectivity index (χ0) is 24.4. The van der Waals surface area contributed by atoms with Crippen molar-refractivity contribution < 1.29 is 4.79 Å². The molecule has 1 saturated heterocycles. The van der Waals surface area contributed by atoms with E-state index in [-0.39, 0.29) is 11.9 Å². The summed E-state index contributed by atoms with van der Waals surface area (Å²) in [6.07, 6.45) is 6.95. The minimum Gasteiger partial charge on any atom is -0.366 e. The minimum atomic E-state index is -0.164. The molecule has 1 aliphatic rings. The summed E-state index contributed by atoms with van der Waals surface area (Å²) in [5.74, 6) is 1.09. The lowest BCUT2D eigenvalue weighted by Crippen LogP contribution is -2.40. The Morgan fingerprint density at radius 2 is 1.89 bits per heavy atom. The monoisotopic (exact) mass is 573 g/mol. The standard InChI is InChI=1S/C24H22BrCl2N7O/c25-20-14-30-34-22(29-13-15-2-1-5-28-12-15)11-21(32-23(20)34)16-3-6-33(7-4-16)24(35)31-19-9-17(26)8-18(27)10-19/h1-2,5,8-12,14,16,29H,3-4,6-7,13H2,(H,31,35). The molecule has 0 radical (unpaired) electrons. The molecule has 35 heavy (non-hydrogen) atoms. The van der Waals surface area contributed by atoms with Crippen LogP contribution in [0, 0.1) is 0 Å². The van der Waals surface area contributed by atoms with Crippen LogP contribution in [0.4, 0.5) is 16.3 Å². The summed E-state index contributed by atoms with van der Waals surface area (Å²) in [6.45, 7) is 1.86. The number of carbonyl (C=O) groups excluding carboxylic acids is 1. The number of rotatable bonds is 5. The molecule has 0 unspecified atom stereocenters. The summed E-state index contributed by atoms with van der Waals surface area (Å²) in [7, 11) is 0. The Hall–Kier alpha value is -2.88. The van der Waals surface area contributed by atoms with Gasteiger partial charge in [0.25, 0.3) is 0 Å². The number of nitrogens with zero attached hydrogens (tertiary/aromatic N) is 5. The van der Waals surface area contributed by atoms with E-state index in [1.54, 1.807) is 40.0 Å². The molecule has 0 spiro atoms. The molecule has 8 nitrogen and oxygen atoms in total. The third-order valence-corrected chi connectivity index (χ3v) is 6.96. The zero-order valence-corrected chi connectivity index (χ0v) is 21.7. The molecule has 180 valence electrons. The Morgan fingerprint density at radius 3 is 2.60 bits per heavy atom. The van der Waals surface area contributed by atoms with E-state index in [1.165, 1.54) is 0 Å². The normalized spacial score (nSPS) is 14.3. The van der Waals surface area contributed by atoms with Gasteiger partial charge in [0.2, 0.25) is 0 Å². The fourth-order valence-corrected chi connectivity index (χ4v) is 5.07. The van der Waals surface area contributed by atoms with Crippen molar-refractivity contribution in [1.82, 2.24) is 24.5 Å². The van der Waals surface area contributed by atoms with Gasteiger partial charge < -0.3 is 15.5 Å². The largest absolute Gasteiger partial charge is 0.366 e. The smallest absolute Gasteiger partial charge is 0.321 e. The van der Waals surface area contributed by atoms with Crippen molar-refractivity contribution in [3.05, 3.63) is 80.8 Å². The average molecular weight is 575 g/mol. The summed E-state index contributed by atoms with van der Waals surface area (Å²) in [4.78, 5) is 23.6. The van der Waals surface area contributed by atoms with Gasteiger partial charge in [-0.25, -0.2) is 9.78 Å². The van der Waals surface area contributed by atoms with Crippen LogP contribution in [0.15, 0.2) is 59.5 Å². The van der Waals surface area contributed by atoms with E-state index < -0.39 is 0 Å². The summed E-state index contributed by atoms with van der Waals surface area (Å²) in [5, 5.41) is 11.8. The lowest BCUT2D eigenvalue weighted by atomic mass is 9.93. The summed E-state index contributed by atoms with van der Waals surface area (Å²) < 4.78 is 2.63. The van der Waals surface area contributed by atoms with Crippen molar-refractivity contribution in [2.75, 3.05) is 23.7 Å². The third kappa shape index (κ3) is 5.52. The molecule has 1 aliphatic heterocycles. The Bertz CT molecular complexity index is 1340. The number of carbonyl (C=O) groups is 1. The number of amides is 2. The van der Waals surface area contributed by atoms with Crippen molar-refractivity contribution in [3.8, 4) is 0 Å². The number of nitrogens with one attached hydrogen (secondary N) is 2. The maximum atomic E-state index is 12.8. The van der Waals surface area contributed by atoms with Crippen molar-refractivity contribution in [2.45, 2.75) is 25.3 Å². The Kier molecular flexibility index (Phi) is 7.08. The Labute approximate surface area is 220 Å². The lowest BCUT2D eigenvalue weighted by molar-refractivity contribution is 0.194. The molecule has 11 heteroatoms. The van der Waals surface area contributed by atoms with Crippen LogP contribution in [0.3, 0.4) is 0 Å². The van der Waals surface area contributed by atoms with Crippen LogP contribution in [0.5, 0.6) is 0 Å². The molecule has 1 aromatic carbocycles. The van der Waals surface area contributed by atoms with Gasteiger partial charge in [-0.1, -0.05) is 29.3 Å². The second-order valence-corrected chi connectivity index (χ2v) is 10.1. The molecule has 0 bridgehead atoms. The second kappa shape index (κ2) is 10.4. The highest BCUT2D eigenvalue weighted by molar-refractivity contribution is 9.10. The average Bonchev–Trinajstić information content (AvgIpc) is 3.23. The quantitative estimate of drug-likeness (QED) is 0.295. The fourth-order valence-electron chi connectivity index (χ4n) is 4.19. The van der Waals surface area contributed by atoms with E-state index in [2.05, 4.69) is 42.7 Å². The topological polar surface area (TPSA) is 87.5 Å². The molecule has 0 atom stereocenters. The number of piperidine rings is 1. The van der Waals surface area contributed by atoms with Gasteiger partial charge in [0.1, 0.15) is 5.82 Å². The number of aromatic nitrogens is 4. The van der Waals surface area contributed by atoms with Gasteiger partial charge in [-0.05, 0) is 58.6 Å². The van der Waals surface area contributed by atoms with E-state index in [0.29, 0.717) is 35.4 Å². The van der Waals surface area contributed by atoms with Gasteiger partial charge >= 0.3 is 6.03 Å². The van der Waals surface area contributed by atoms with E-state index in [1.807, 2.05) is 18.3 Å². The van der Waals surface area contributed by atoms with Crippen LogP contribution in [-0.4, -0.2) is 43.6 Å². The molecular weight excluding hydrogens is 553 g/mol. The van der Waals surface area contributed by atoms with E-state index >= 15 is 0 Å². The highest BCUT2D eigenvalue weighted by Gasteiger charge is 2.26. The minimum absolute atomic E-state index is 0.164. The van der Waals surface area contributed by atoms with Crippen LogP contribution in [0.1, 0.15) is 30.0 Å². The maximum Gasteiger partial charge on any atom is 0.321 e. The Balaban J connectivity index is 1.28. The number of likely N-dealkylation sites (tertiary alicyclic amines) is 1. The first-order chi connectivity index (χ1) is 17.0. The SMILES string of the molecule is O=C(Nc1cc(Cl)cc(Cl)c1)N1CCC(c2cc(NCc3cccnc3)n3ncc(Br)c3n2)CC1. The van der Waals surface area contributed by atoms with E-state index in [0.717, 1.165) is 40.0 Å². The maximum absolute atomic E-state index is 12.8. The Morgan fingerprint density at radius 1 is 1.11 bits per heavy atom. The molecule has 4 aromatic rings. The molecule has 3 aromatic heterocycles. The number of fused-ring (bicyclic) bond motifs is 1. The first kappa shape index (κ1) is 23.8. The predicted octanol–water partition coefficient (Wildman–Crippen LogP) is 6.22. The van der Waals surface area contributed by atoms with Crippen LogP contribution in [0.25, 0.3) is 5.65 Å². The highest BCUT2D eigenvalue weighted by atomic mass is 79.9. The number of hydrogen-bond donors (Lipinski definition) is 2. The molecule has 5 rings (SSSR count). The van der Waals surface area contributed by atoms with Gasteiger partial charge in [-0.3, -0.25) is 4.98 Å². The lowest BCUT2D eigenvalue weighted by Gasteiger charge is -2.32. The van der Waals surface area contributed by atoms with Crippen LogP contribution in [-0.2, 0) is 6.54 Å². The first-order valence-electron chi connectivity index (χ1n) is 11.2. The van der Waals surface area contributed by atoms with Crippen molar-refractivity contribution in [2.24, 2.45) is 0 Å². The van der Waals surface area contributed by atoms with E-state index in [4.69, 9.17) is 28.2 Å². The predicted molar refractivity (Wildman–Crippen MR) is 141 cm³/mol. The van der Waals surface area contributed by atoms with Gasteiger partial charge in [0, 0.05) is 65.4 Å². The van der Waals surface area contributed by atoms with Gasteiger partial charge in [0.05, 0.1) is 10.7 Å². The summed E-state index contributed by atoms with van der Waals surface area (Å²) >= 11 is 15.7. The molecule has 2 N–H and O–H groups in total. The summed E-state index contributed by atoms with van der Waals surface area (Å²) in [5.41, 5.74) is 3.39. The number of urea groups is 1.